The van der Waals surface area contributed by atoms with Crippen LogP contribution >= 0.6 is 0 Å². The summed E-state index contributed by atoms with van der Waals surface area (Å²) in [5.41, 5.74) is 3.22. The third kappa shape index (κ3) is 5.65. The molecule has 0 heterocycles. The number of hydrogen-bond donors (Lipinski definition) is 3. The van der Waals surface area contributed by atoms with Crippen molar-refractivity contribution >= 4 is 23.2 Å². The summed E-state index contributed by atoms with van der Waals surface area (Å²) in [7, 11) is 0. The SMILES string of the molecule is Cc1ccc(CNC(=O)c2ccccc2NCC(=O)Nc2ccccc2F)cc1. The van der Waals surface area contributed by atoms with Gasteiger partial charge in [-0.05, 0) is 36.8 Å². The molecule has 0 bridgehead atoms. The minimum absolute atomic E-state index is 0.101. The van der Waals surface area contributed by atoms with Crippen molar-refractivity contribution < 1.29 is 14.0 Å². The van der Waals surface area contributed by atoms with Gasteiger partial charge in [0.25, 0.3) is 5.91 Å². The normalized spacial score (nSPS) is 10.3. The van der Waals surface area contributed by atoms with E-state index in [1.807, 2.05) is 31.2 Å². The molecule has 2 amide bonds. The predicted octanol–water partition coefficient (Wildman–Crippen LogP) is 4.11. The highest BCUT2D eigenvalue weighted by Crippen LogP contribution is 2.16. The second-order valence-electron chi connectivity index (χ2n) is 6.60. The number of aryl methyl sites for hydroxylation is 1. The molecule has 0 atom stereocenters. The lowest BCUT2D eigenvalue weighted by Gasteiger charge is -2.13. The molecule has 0 fully saturated rings. The first-order valence-electron chi connectivity index (χ1n) is 9.24. The number of anilines is 2. The zero-order valence-corrected chi connectivity index (χ0v) is 16.0. The van der Waals surface area contributed by atoms with Gasteiger partial charge < -0.3 is 16.0 Å². The van der Waals surface area contributed by atoms with Crippen LogP contribution in [0.5, 0.6) is 0 Å². The van der Waals surface area contributed by atoms with Crippen molar-refractivity contribution in [1.82, 2.24) is 5.32 Å². The number of amides is 2. The van der Waals surface area contributed by atoms with Gasteiger partial charge in [-0.1, -0.05) is 54.1 Å². The van der Waals surface area contributed by atoms with E-state index < -0.39 is 11.7 Å². The minimum Gasteiger partial charge on any atom is -0.376 e. The third-order valence-corrected chi connectivity index (χ3v) is 4.33. The number of para-hydroxylation sites is 2. The summed E-state index contributed by atoms with van der Waals surface area (Å²) in [6.07, 6.45) is 0. The largest absolute Gasteiger partial charge is 0.376 e. The van der Waals surface area contributed by atoms with Crippen LogP contribution in [0.4, 0.5) is 15.8 Å². The zero-order valence-electron chi connectivity index (χ0n) is 16.0. The second-order valence-corrected chi connectivity index (χ2v) is 6.60. The third-order valence-electron chi connectivity index (χ3n) is 4.33. The maximum absolute atomic E-state index is 13.6. The number of benzene rings is 3. The van der Waals surface area contributed by atoms with Gasteiger partial charge in [-0.3, -0.25) is 9.59 Å². The van der Waals surface area contributed by atoms with Crippen LogP contribution < -0.4 is 16.0 Å². The summed E-state index contributed by atoms with van der Waals surface area (Å²) in [5.74, 6) is -1.16. The Bertz CT molecular complexity index is 1000. The molecule has 0 saturated heterocycles. The molecule has 0 radical (unpaired) electrons. The zero-order chi connectivity index (χ0) is 20.6. The molecule has 5 nitrogen and oxygen atoms in total. The second kappa shape index (κ2) is 9.50. The number of carbonyl (C=O) groups excluding carboxylic acids is 2. The lowest BCUT2D eigenvalue weighted by molar-refractivity contribution is -0.114. The van der Waals surface area contributed by atoms with E-state index in [9.17, 15) is 14.0 Å². The number of halogens is 1. The number of nitrogens with one attached hydrogen (secondary N) is 3. The molecule has 0 aliphatic heterocycles. The average Bonchev–Trinajstić information content (AvgIpc) is 2.73. The van der Waals surface area contributed by atoms with Crippen molar-refractivity contribution in [2.24, 2.45) is 0 Å². The van der Waals surface area contributed by atoms with Crippen LogP contribution in [0.15, 0.2) is 72.8 Å². The highest BCUT2D eigenvalue weighted by molar-refractivity contribution is 6.00. The molecule has 0 spiro atoms. The van der Waals surface area contributed by atoms with Gasteiger partial charge in [-0.2, -0.15) is 0 Å². The van der Waals surface area contributed by atoms with E-state index >= 15 is 0 Å². The maximum atomic E-state index is 13.6. The van der Waals surface area contributed by atoms with Crippen LogP contribution in [0, 0.1) is 12.7 Å². The van der Waals surface area contributed by atoms with Gasteiger partial charge in [-0.25, -0.2) is 4.39 Å². The van der Waals surface area contributed by atoms with E-state index in [-0.39, 0.29) is 18.1 Å². The molecule has 3 aromatic rings. The lowest BCUT2D eigenvalue weighted by Crippen LogP contribution is -2.26. The van der Waals surface area contributed by atoms with Crippen molar-refractivity contribution in [3.63, 3.8) is 0 Å². The number of rotatable bonds is 7. The molecule has 0 aliphatic rings. The van der Waals surface area contributed by atoms with E-state index in [0.29, 0.717) is 17.8 Å². The molecule has 0 saturated carbocycles. The molecule has 29 heavy (non-hydrogen) atoms. The number of carbonyl (C=O) groups is 2. The first-order valence-corrected chi connectivity index (χ1v) is 9.24. The Morgan fingerprint density at radius 2 is 1.52 bits per heavy atom. The van der Waals surface area contributed by atoms with Crippen molar-refractivity contribution in [3.05, 3.63) is 95.3 Å². The minimum atomic E-state index is -0.503. The van der Waals surface area contributed by atoms with Gasteiger partial charge in [-0.15, -0.1) is 0 Å². The summed E-state index contributed by atoms with van der Waals surface area (Å²) in [4.78, 5) is 24.7. The van der Waals surface area contributed by atoms with Gasteiger partial charge in [0.2, 0.25) is 5.91 Å². The lowest BCUT2D eigenvalue weighted by atomic mass is 10.1. The molecule has 148 valence electrons. The molecule has 0 unspecified atom stereocenters. The predicted molar refractivity (Wildman–Crippen MR) is 112 cm³/mol. The summed E-state index contributed by atoms with van der Waals surface area (Å²) >= 11 is 0. The van der Waals surface area contributed by atoms with Gasteiger partial charge in [0.05, 0.1) is 17.8 Å². The van der Waals surface area contributed by atoms with Crippen LogP contribution in [0.1, 0.15) is 21.5 Å². The van der Waals surface area contributed by atoms with Crippen LogP contribution in [0.25, 0.3) is 0 Å². The molecule has 6 heteroatoms. The topological polar surface area (TPSA) is 70.2 Å². The van der Waals surface area contributed by atoms with E-state index in [4.69, 9.17) is 0 Å². The first kappa shape index (κ1) is 20.1. The fraction of sp³-hybridized carbons (Fsp3) is 0.130. The molecule has 3 rings (SSSR count). The first-order chi connectivity index (χ1) is 14.0. The van der Waals surface area contributed by atoms with Crippen LogP contribution in [-0.4, -0.2) is 18.4 Å². The highest BCUT2D eigenvalue weighted by Gasteiger charge is 2.12. The summed E-state index contributed by atoms with van der Waals surface area (Å²) in [6, 6.07) is 20.8. The fourth-order valence-corrected chi connectivity index (χ4v) is 2.75. The summed E-state index contributed by atoms with van der Waals surface area (Å²) in [5, 5.41) is 8.33. The van der Waals surface area contributed by atoms with Gasteiger partial charge in [0.15, 0.2) is 0 Å². The smallest absolute Gasteiger partial charge is 0.253 e. The Morgan fingerprint density at radius 3 is 2.24 bits per heavy atom. The van der Waals surface area contributed by atoms with Gasteiger partial charge in [0, 0.05) is 12.2 Å². The molecule has 3 N–H and O–H groups in total. The fourth-order valence-electron chi connectivity index (χ4n) is 2.75. The average molecular weight is 391 g/mol. The quantitative estimate of drug-likeness (QED) is 0.568. The standard InChI is InChI=1S/C23H22FN3O2/c1-16-10-12-17(13-11-16)14-26-23(29)18-6-2-4-8-20(18)25-15-22(28)27-21-9-5-3-7-19(21)24/h2-13,25H,14-15H2,1H3,(H,26,29)(H,27,28). The molecular weight excluding hydrogens is 369 g/mol. The highest BCUT2D eigenvalue weighted by atomic mass is 19.1. The van der Waals surface area contributed by atoms with Crippen molar-refractivity contribution in [3.8, 4) is 0 Å². The van der Waals surface area contributed by atoms with Crippen molar-refractivity contribution in [2.45, 2.75) is 13.5 Å². The Labute approximate surface area is 169 Å². The van der Waals surface area contributed by atoms with E-state index in [0.717, 1.165) is 11.1 Å². The van der Waals surface area contributed by atoms with Gasteiger partial charge in [0.1, 0.15) is 5.82 Å². The Kier molecular flexibility index (Phi) is 6.58. The molecular formula is C23H22FN3O2. The maximum Gasteiger partial charge on any atom is 0.253 e. The van der Waals surface area contributed by atoms with Crippen molar-refractivity contribution in [1.29, 1.82) is 0 Å². The van der Waals surface area contributed by atoms with E-state index in [2.05, 4.69) is 16.0 Å². The van der Waals surface area contributed by atoms with Crippen molar-refractivity contribution in [2.75, 3.05) is 17.2 Å². The summed E-state index contributed by atoms with van der Waals surface area (Å²) < 4.78 is 13.6. The van der Waals surface area contributed by atoms with Crippen LogP contribution in [0.3, 0.4) is 0 Å². The molecule has 0 aliphatic carbocycles. The van der Waals surface area contributed by atoms with E-state index in [1.165, 1.54) is 12.1 Å². The van der Waals surface area contributed by atoms with Crippen LogP contribution in [-0.2, 0) is 11.3 Å². The number of hydrogen-bond acceptors (Lipinski definition) is 3. The molecule has 0 aromatic heterocycles. The monoisotopic (exact) mass is 391 g/mol. The summed E-state index contributed by atoms with van der Waals surface area (Å²) in [6.45, 7) is 2.31. The Hall–Kier alpha value is -3.67. The Balaban J connectivity index is 1.59. The molecule has 3 aromatic carbocycles. The van der Waals surface area contributed by atoms with E-state index in [1.54, 1.807) is 36.4 Å². The van der Waals surface area contributed by atoms with Crippen LogP contribution in [0.2, 0.25) is 0 Å². The Morgan fingerprint density at radius 1 is 0.862 bits per heavy atom. The van der Waals surface area contributed by atoms with Gasteiger partial charge >= 0.3 is 0 Å².